The van der Waals surface area contributed by atoms with Gasteiger partial charge in [0.25, 0.3) is 0 Å². The van der Waals surface area contributed by atoms with Crippen LogP contribution in [-0.4, -0.2) is 47.5 Å². The maximum atomic E-state index is 9.03. The summed E-state index contributed by atoms with van der Waals surface area (Å²) >= 11 is 5.95. The number of nitrogens with zero attached hydrogens (tertiary/aromatic N) is 3. The highest BCUT2D eigenvalue weighted by molar-refractivity contribution is 6.30. The maximum Gasteiger partial charge on any atom is 0.128 e. The van der Waals surface area contributed by atoms with Crippen molar-refractivity contribution >= 4 is 17.8 Å². The number of hydrogen-bond donors (Lipinski definition) is 1. The van der Waals surface area contributed by atoms with E-state index in [-0.39, 0.29) is 0 Å². The van der Waals surface area contributed by atoms with E-state index >= 15 is 0 Å². The van der Waals surface area contributed by atoms with E-state index in [1.165, 1.54) is 19.1 Å². The van der Waals surface area contributed by atoms with Crippen molar-refractivity contribution < 1.29 is 9.94 Å². The molecule has 162 valence electrons. The van der Waals surface area contributed by atoms with Gasteiger partial charge in [0.15, 0.2) is 0 Å². The summed E-state index contributed by atoms with van der Waals surface area (Å²) in [6.45, 7) is 3.77. The minimum absolute atomic E-state index is 0.598. The molecule has 0 atom stereocenters. The Morgan fingerprint density at radius 1 is 1.03 bits per heavy atom. The smallest absolute Gasteiger partial charge is 0.128 e. The summed E-state index contributed by atoms with van der Waals surface area (Å²) in [7, 11) is 0. The summed E-state index contributed by atoms with van der Waals surface area (Å²) in [5.41, 5.74) is 4.20. The number of rotatable bonds is 6. The van der Waals surface area contributed by atoms with Crippen LogP contribution >= 0.6 is 11.6 Å². The van der Waals surface area contributed by atoms with Gasteiger partial charge in [0.2, 0.25) is 0 Å². The summed E-state index contributed by atoms with van der Waals surface area (Å²) in [5, 5.41) is 12.9. The van der Waals surface area contributed by atoms with E-state index in [4.69, 9.17) is 21.5 Å². The average Bonchev–Trinajstić information content (AvgIpc) is 3.34. The number of hydrogen-bond acceptors (Lipinski definition) is 5. The van der Waals surface area contributed by atoms with Crippen LogP contribution in [0.5, 0.6) is 5.75 Å². The zero-order chi connectivity index (χ0) is 22.2. The zero-order valence-electron chi connectivity index (χ0n) is 17.7. The molecule has 1 aliphatic heterocycles. The number of oxime groups is 1. The first kappa shape index (κ1) is 21.9. The molecule has 5 nitrogen and oxygen atoms in total. The largest absolute Gasteiger partial charge is 0.492 e. The van der Waals surface area contributed by atoms with E-state index in [9.17, 15) is 0 Å². The molecule has 0 amide bonds. The molecule has 1 aliphatic rings. The minimum atomic E-state index is 0.598. The van der Waals surface area contributed by atoms with Crippen molar-refractivity contribution in [3.05, 3.63) is 82.6 Å². The minimum Gasteiger partial charge on any atom is -0.492 e. The molecule has 4 rings (SSSR count). The first-order valence-electron chi connectivity index (χ1n) is 10.6. The number of pyridine rings is 1. The molecule has 0 aliphatic carbocycles. The van der Waals surface area contributed by atoms with E-state index < -0.39 is 0 Å². The Labute approximate surface area is 193 Å². The quantitative estimate of drug-likeness (QED) is 0.248. The van der Waals surface area contributed by atoms with Gasteiger partial charge in [-0.05, 0) is 73.8 Å². The molecular formula is C26H24ClN3O2. The fourth-order valence-corrected chi connectivity index (χ4v) is 3.75. The second-order valence-electron chi connectivity index (χ2n) is 7.58. The molecule has 1 saturated heterocycles. The Balaban J connectivity index is 1.43. The molecule has 1 N–H and O–H groups in total. The van der Waals surface area contributed by atoms with Crippen molar-refractivity contribution in [2.24, 2.45) is 5.16 Å². The summed E-state index contributed by atoms with van der Waals surface area (Å²) in [6.07, 6.45) is 5.69. The standard InChI is InChI=1S/C26H24ClN3O2/c27-24-8-5-21(6-9-24)22-7-11-25(28-18-22)10-3-20-4-12-26(23(17-20)19-29-31)32-16-15-30-13-1-2-14-30/h4-9,11-12,17-19,31H,1-2,13-16H2/b29-19-. The van der Waals surface area contributed by atoms with Crippen LogP contribution < -0.4 is 4.74 Å². The van der Waals surface area contributed by atoms with Crippen molar-refractivity contribution in [3.8, 4) is 28.7 Å². The summed E-state index contributed by atoms with van der Waals surface area (Å²) in [4.78, 5) is 6.84. The molecule has 1 aromatic heterocycles. The summed E-state index contributed by atoms with van der Waals surface area (Å²) in [5.74, 6) is 6.88. The summed E-state index contributed by atoms with van der Waals surface area (Å²) < 4.78 is 5.92. The molecule has 0 saturated carbocycles. The van der Waals surface area contributed by atoms with Gasteiger partial charge in [0, 0.05) is 34.5 Å². The van der Waals surface area contributed by atoms with Crippen LogP contribution in [-0.2, 0) is 0 Å². The lowest BCUT2D eigenvalue weighted by Gasteiger charge is -2.15. The highest BCUT2D eigenvalue weighted by atomic mass is 35.5. The second kappa shape index (κ2) is 10.8. The van der Waals surface area contributed by atoms with Crippen molar-refractivity contribution in [3.63, 3.8) is 0 Å². The fraction of sp³-hybridized carbons (Fsp3) is 0.231. The number of aromatic nitrogens is 1. The Morgan fingerprint density at radius 2 is 1.81 bits per heavy atom. The first-order chi connectivity index (χ1) is 15.7. The first-order valence-corrected chi connectivity index (χ1v) is 11.0. The Bertz CT molecular complexity index is 1130. The molecule has 0 spiro atoms. The van der Waals surface area contributed by atoms with E-state index in [2.05, 4.69) is 26.9 Å². The van der Waals surface area contributed by atoms with Crippen molar-refractivity contribution in [1.82, 2.24) is 9.88 Å². The van der Waals surface area contributed by atoms with Crippen LogP contribution in [0.2, 0.25) is 5.02 Å². The van der Waals surface area contributed by atoms with Gasteiger partial charge in [-0.15, -0.1) is 0 Å². The lowest BCUT2D eigenvalue weighted by molar-refractivity contribution is 0.237. The topological polar surface area (TPSA) is 58.0 Å². The molecule has 1 fully saturated rings. The van der Waals surface area contributed by atoms with Crippen LogP contribution in [0.4, 0.5) is 0 Å². The average molecular weight is 446 g/mol. The molecule has 0 bridgehead atoms. The molecule has 2 aromatic carbocycles. The molecule has 0 radical (unpaired) electrons. The molecule has 6 heteroatoms. The predicted molar refractivity (Wildman–Crippen MR) is 128 cm³/mol. The van der Waals surface area contributed by atoms with E-state index in [1.807, 2.05) is 54.6 Å². The molecule has 3 aromatic rings. The third kappa shape index (κ3) is 5.88. The number of benzene rings is 2. The van der Waals surface area contributed by atoms with Crippen molar-refractivity contribution in [1.29, 1.82) is 0 Å². The van der Waals surface area contributed by atoms with Gasteiger partial charge in [0.05, 0.1) is 6.21 Å². The van der Waals surface area contributed by atoms with Crippen molar-refractivity contribution in [2.45, 2.75) is 12.8 Å². The molecule has 2 heterocycles. The van der Waals surface area contributed by atoms with Gasteiger partial charge in [-0.1, -0.05) is 40.9 Å². The zero-order valence-corrected chi connectivity index (χ0v) is 18.4. The lowest BCUT2D eigenvalue weighted by Crippen LogP contribution is -2.25. The van der Waals surface area contributed by atoms with Gasteiger partial charge < -0.3 is 9.94 Å². The van der Waals surface area contributed by atoms with Crippen LogP contribution in [0, 0.1) is 11.8 Å². The van der Waals surface area contributed by atoms with Crippen LogP contribution in [0.15, 0.2) is 65.9 Å². The van der Waals surface area contributed by atoms with Crippen molar-refractivity contribution in [2.75, 3.05) is 26.2 Å². The monoisotopic (exact) mass is 445 g/mol. The Kier molecular flexibility index (Phi) is 7.39. The highest BCUT2D eigenvalue weighted by Gasteiger charge is 2.11. The third-order valence-electron chi connectivity index (χ3n) is 5.35. The number of ether oxygens (including phenoxy) is 1. The maximum absolute atomic E-state index is 9.03. The SMILES string of the molecule is O/N=C\c1cc(C#Cc2ccc(-c3ccc(Cl)cc3)cn2)ccc1OCCN1CCCC1. The van der Waals surface area contributed by atoms with E-state index in [0.717, 1.165) is 36.3 Å². The Morgan fingerprint density at radius 3 is 2.53 bits per heavy atom. The predicted octanol–water partition coefficient (Wildman–Crippen LogP) is 5.08. The van der Waals surface area contributed by atoms with Crippen LogP contribution in [0.25, 0.3) is 11.1 Å². The van der Waals surface area contributed by atoms with Gasteiger partial charge in [0.1, 0.15) is 18.1 Å². The van der Waals surface area contributed by atoms with E-state index in [0.29, 0.717) is 28.6 Å². The van der Waals surface area contributed by atoms with Gasteiger partial charge >= 0.3 is 0 Å². The Hall–Kier alpha value is -3.33. The fourth-order valence-electron chi connectivity index (χ4n) is 3.63. The number of halogens is 1. The third-order valence-corrected chi connectivity index (χ3v) is 5.60. The van der Waals surface area contributed by atoms with Gasteiger partial charge in [-0.25, -0.2) is 4.98 Å². The molecule has 32 heavy (non-hydrogen) atoms. The van der Waals surface area contributed by atoms with Gasteiger partial charge in [-0.2, -0.15) is 0 Å². The highest BCUT2D eigenvalue weighted by Crippen LogP contribution is 2.21. The van der Waals surface area contributed by atoms with Gasteiger partial charge in [-0.3, -0.25) is 4.90 Å². The second-order valence-corrected chi connectivity index (χ2v) is 8.02. The van der Waals surface area contributed by atoms with Crippen LogP contribution in [0.3, 0.4) is 0 Å². The molecular weight excluding hydrogens is 422 g/mol. The summed E-state index contributed by atoms with van der Waals surface area (Å²) in [6, 6.07) is 17.1. The lowest BCUT2D eigenvalue weighted by atomic mass is 10.1. The normalized spacial score (nSPS) is 13.8. The number of likely N-dealkylation sites (tertiary alicyclic amines) is 1. The van der Waals surface area contributed by atoms with Crippen LogP contribution in [0.1, 0.15) is 29.7 Å². The van der Waals surface area contributed by atoms with E-state index in [1.54, 1.807) is 6.20 Å². The molecule has 0 unspecified atom stereocenters.